The Morgan fingerprint density at radius 1 is 1.33 bits per heavy atom. The van der Waals surface area contributed by atoms with E-state index in [1.807, 2.05) is 18.2 Å². The van der Waals surface area contributed by atoms with Crippen molar-refractivity contribution in [3.05, 3.63) is 29.8 Å². The van der Waals surface area contributed by atoms with Gasteiger partial charge >= 0.3 is 10.2 Å². The fraction of sp³-hybridized carbons (Fsp3) is 0.500. The fourth-order valence-corrected chi connectivity index (χ4v) is 3.85. The fourth-order valence-electron chi connectivity index (χ4n) is 2.56. The highest BCUT2D eigenvalue weighted by Crippen LogP contribution is 2.26. The summed E-state index contributed by atoms with van der Waals surface area (Å²) >= 11 is 0. The first-order valence-electron chi connectivity index (χ1n) is 6.24. The summed E-state index contributed by atoms with van der Waals surface area (Å²) in [5.74, 6) is 0. The molecule has 1 aromatic rings. The first-order chi connectivity index (χ1) is 8.65. The Morgan fingerprint density at radius 2 is 2.17 bits per heavy atom. The van der Waals surface area contributed by atoms with Crippen LogP contribution in [-0.2, 0) is 16.8 Å². The van der Waals surface area contributed by atoms with Gasteiger partial charge in [0.25, 0.3) is 0 Å². The van der Waals surface area contributed by atoms with Crippen molar-refractivity contribution in [2.24, 2.45) is 0 Å². The summed E-state index contributed by atoms with van der Waals surface area (Å²) in [6.45, 7) is 2.00. The third-order valence-corrected chi connectivity index (χ3v) is 4.97. The van der Waals surface area contributed by atoms with Crippen molar-refractivity contribution >= 4 is 15.9 Å². The van der Waals surface area contributed by atoms with E-state index in [2.05, 4.69) is 10.0 Å². The maximum absolute atomic E-state index is 12.1. The Labute approximate surface area is 107 Å². The van der Waals surface area contributed by atoms with Gasteiger partial charge in [-0.25, -0.2) is 0 Å². The Bertz CT molecular complexity index is 538. The molecular weight excluding hydrogens is 250 g/mol. The van der Waals surface area contributed by atoms with E-state index in [4.69, 9.17) is 0 Å². The van der Waals surface area contributed by atoms with E-state index in [0.29, 0.717) is 18.8 Å². The minimum absolute atomic E-state index is 0.284. The summed E-state index contributed by atoms with van der Waals surface area (Å²) in [4.78, 5) is 0. The predicted octanol–water partition coefficient (Wildman–Crippen LogP) is 0.911. The monoisotopic (exact) mass is 267 g/mol. The number of anilines is 1. The van der Waals surface area contributed by atoms with Gasteiger partial charge < -0.3 is 5.32 Å². The largest absolute Gasteiger partial charge is 0.313 e. The normalized spacial score (nSPS) is 26.6. The molecule has 0 spiro atoms. The van der Waals surface area contributed by atoms with E-state index < -0.39 is 10.2 Å². The predicted molar refractivity (Wildman–Crippen MR) is 70.4 cm³/mol. The standard InChI is InChI=1S/C12H17N3O2S/c16-18(17)14-12-6-2-1-4-10(12)8-15(18)9-11-5-3-7-13-11/h1-2,4,6,11,13-14H,3,5,7-9H2/t11-/m0/s1. The molecule has 3 rings (SSSR count). The van der Waals surface area contributed by atoms with Gasteiger partial charge in [0.05, 0.1) is 5.69 Å². The minimum Gasteiger partial charge on any atom is -0.313 e. The molecule has 0 saturated carbocycles. The van der Waals surface area contributed by atoms with Gasteiger partial charge in [0.15, 0.2) is 0 Å². The molecular formula is C12H17N3O2S. The Hall–Kier alpha value is -1.11. The van der Waals surface area contributed by atoms with Crippen molar-refractivity contribution in [1.82, 2.24) is 9.62 Å². The summed E-state index contributed by atoms with van der Waals surface area (Å²) in [7, 11) is -3.38. The van der Waals surface area contributed by atoms with Crippen LogP contribution in [0.25, 0.3) is 0 Å². The van der Waals surface area contributed by atoms with Crippen LogP contribution >= 0.6 is 0 Å². The van der Waals surface area contributed by atoms with E-state index >= 15 is 0 Å². The van der Waals surface area contributed by atoms with Crippen molar-refractivity contribution in [2.75, 3.05) is 17.8 Å². The zero-order valence-electron chi connectivity index (χ0n) is 10.1. The topological polar surface area (TPSA) is 61.4 Å². The molecule has 5 nitrogen and oxygen atoms in total. The van der Waals surface area contributed by atoms with Gasteiger partial charge in [-0.2, -0.15) is 12.7 Å². The van der Waals surface area contributed by atoms with Gasteiger partial charge in [-0.1, -0.05) is 18.2 Å². The molecule has 1 aromatic carbocycles. The lowest BCUT2D eigenvalue weighted by Gasteiger charge is -2.30. The lowest BCUT2D eigenvalue weighted by molar-refractivity contribution is 0.364. The van der Waals surface area contributed by atoms with Gasteiger partial charge in [-0.3, -0.25) is 4.72 Å². The van der Waals surface area contributed by atoms with Crippen LogP contribution in [0, 0.1) is 0 Å². The molecule has 0 radical (unpaired) electrons. The second-order valence-corrected chi connectivity index (χ2v) is 6.52. The van der Waals surface area contributed by atoms with Crippen LogP contribution in [0.2, 0.25) is 0 Å². The summed E-state index contributed by atoms with van der Waals surface area (Å²) in [5.41, 5.74) is 1.73. The summed E-state index contributed by atoms with van der Waals surface area (Å²) in [5, 5.41) is 3.33. The van der Waals surface area contributed by atoms with Gasteiger partial charge in [-0.15, -0.1) is 0 Å². The van der Waals surface area contributed by atoms with E-state index in [9.17, 15) is 8.42 Å². The molecule has 0 bridgehead atoms. The maximum atomic E-state index is 12.1. The molecule has 1 fully saturated rings. The van der Waals surface area contributed by atoms with Crippen molar-refractivity contribution in [1.29, 1.82) is 0 Å². The van der Waals surface area contributed by atoms with Crippen LogP contribution < -0.4 is 10.0 Å². The van der Waals surface area contributed by atoms with E-state index in [-0.39, 0.29) is 6.04 Å². The van der Waals surface area contributed by atoms with Gasteiger partial charge in [0.2, 0.25) is 0 Å². The second-order valence-electron chi connectivity index (χ2n) is 4.85. The molecule has 0 amide bonds. The maximum Gasteiger partial charge on any atom is 0.302 e. The molecule has 2 aliphatic heterocycles. The van der Waals surface area contributed by atoms with Crippen LogP contribution in [0.1, 0.15) is 18.4 Å². The first-order valence-corrected chi connectivity index (χ1v) is 7.68. The van der Waals surface area contributed by atoms with Gasteiger partial charge in [-0.05, 0) is 31.0 Å². The highest BCUT2D eigenvalue weighted by molar-refractivity contribution is 7.90. The van der Waals surface area contributed by atoms with Crippen molar-refractivity contribution in [2.45, 2.75) is 25.4 Å². The number of nitrogens with one attached hydrogen (secondary N) is 2. The third-order valence-electron chi connectivity index (χ3n) is 3.53. The number of rotatable bonds is 2. The van der Waals surface area contributed by atoms with Crippen LogP contribution in [0.5, 0.6) is 0 Å². The Balaban J connectivity index is 1.82. The molecule has 98 valence electrons. The number of nitrogens with zero attached hydrogens (tertiary/aromatic N) is 1. The molecule has 18 heavy (non-hydrogen) atoms. The van der Waals surface area contributed by atoms with Crippen molar-refractivity contribution < 1.29 is 8.42 Å². The van der Waals surface area contributed by atoms with Gasteiger partial charge in [0.1, 0.15) is 0 Å². The average molecular weight is 267 g/mol. The van der Waals surface area contributed by atoms with Crippen LogP contribution in [-0.4, -0.2) is 31.9 Å². The number of hydrogen-bond acceptors (Lipinski definition) is 3. The number of para-hydroxylation sites is 1. The smallest absolute Gasteiger partial charge is 0.302 e. The summed E-state index contributed by atoms with van der Waals surface area (Å²) in [6.07, 6.45) is 2.18. The van der Waals surface area contributed by atoms with Gasteiger partial charge in [0, 0.05) is 19.1 Å². The lowest BCUT2D eigenvalue weighted by atomic mass is 10.1. The first kappa shape index (κ1) is 12.0. The molecule has 1 atom stereocenters. The molecule has 0 aliphatic carbocycles. The van der Waals surface area contributed by atoms with Crippen LogP contribution in [0.15, 0.2) is 24.3 Å². The molecule has 6 heteroatoms. The number of fused-ring (bicyclic) bond motifs is 1. The quantitative estimate of drug-likeness (QED) is 0.837. The number of benzene rings is 1. The van der Waals surface area contributed by atoms with Crippen LogP contribution in [0.3, 0.4) is 0 Å². The molecule has 0 unspecified atom stereocenters. The van der Waals surface area contributed by atoms with E-state index in [1.165, 1.54) is 4.31 Å². The molecule has 2 heterocycles. The molecule has 0 aromatic heterocycles. The minimum atomic E-state index is -3.38. The lowest BCUT2D eigenvalue weighted by Crippen LogP contribution is -2.45. The zero-order valence-corrected chi connectivity index (χ0v) is 10.9. The number of hydrogen-bond donors (Lipinski definition) is 2. The molecule has 1 saturated heterocycles. The van der Waals surface area contributed by atoms with E-state index in [1.54, 1.807) is 6.07 Å². The summed E-state index contributed by atoms with van der Waals surface area (Å²) < 4.78 is 28.4. The van der Waals surface area contributed by atoms with Crippen molar-refractivity contribution in [3.8, 4) is 0 Å². The molecule has 2 aliphatic rings. The van der Waals surface area contributed by atoms with Crippen LogP contribution in [0.4, 0.5) is 5.69 Å². The SMILES string of the molecule is O=S1(=O)Nc2ccccc2CN1C[C@@H]1CCCN1. The second kappa shape index (κ2) is 4.53. The summed E-state index contributed by atoms with van der Waals surface area (Å²) in [6, 6.07) is 7.83. The average Bonchev–Trinajstić information content (AvgIpc) is 2.82. The Kier molecular flexibility index (Phi) is 3.01. The molecule has 2 N–H and O–H groups in total. The van der Waals surface area contributed by atoms with E-state index in [0.717, 1.165) is 24.9 Å². The highest BCUT2D eigenvalue weighted by atomic mass is 32.2. The zero-order chi connectivity index (χ0) is 12.6. The Morgan fingerprint density at radius 3 is 2.94 bits per heavy atom. The highest BCUT2D eigenvalue weighted by Gasteiger charge is 2.31. The van der Waals surface area contributed by atoms with Crippen molar-refractivity contribution in [3.63, 3.8) is 0 Å². The third kappa shape index (κ3) is 2.23.